The van der Waals surface area contributed by atoms with Gasteiger partial charge in [0.05, 0.1) is 22.6 Å². The lowest BCUT2D eigenvalue weighted by Crippen LogP contribution is -2.28. The van der Waals surface area contributed by atoms with Gasteiger partial charge in [0, 0.05) is 18.0 Å². The van der Waals surface area contributed by atoms with Crippen LogP contribution in [0.2, 0.25) is 0 Å². The molecule has 1 aliphatic heterocycles. The Balaban J connectivity index is 1.58. The number of hydrogen-bond donors (Lipinski definition) is 3. The number of nitrogens with one attached hydrogen (secondary N) is 2. The molecule has 8 heteroatoms. The average molecular weight is 417 g/mol. The summed E-state index contributed by atoms with van der Waals surface area (Å²) in [5, 5.41) is 19.9. The SMILES string of the molecule is CC1=NN(c2ccc(C)c(C)c2)C(=O)/C1=N\Nc1cccc2c(CCC(=O)O)c[nH]c12. The molecule has 3 aromatic rings. The maximum atomic E-state index is 12.9. The number of aryl methyl sites for hydroxylation is 3. The Kier molecular flexibility index (Phi) is 5.29. The Morgan fingerprint density at radius 3 is 2.74 bits per heavy atom. The predicted molar refractivity (Wildman–Crippen MR) is 122 cm³/mol. The van der Waals surface area contributed by atoms with Crippen LogP contribution in [0, 0.1) is 13.8 Å². The van der Waals surface area contributed by atoms with E-state index in [4.69, 9.17) is 5.11 Å². The maximum Gasteiger partial charge on any atom is 0.303 e. The number of benzene rings is 2. The quantitative estimate of drug-likeness (QED) is 0.527. The van der Waals surface area contributed by atoms with Crippen LogP contribution in [-0.2, 0) is 16.0 Å². The first kappa shape index (κ1) is 20.3. The summed E-state index contributed by atoms with van der Waals surface area (Å²) in [7, 11) is 0. The van der Waals surface area contributed by atoms with Gasteiger partial charge >= 0.3 is 11.9 Å². The first-order chi connectivity index (χ1) is 14.8. The molecule has 0 aliphatic carbocycles. The van der Waals surface area contributed by atoms with Crippen molar-refractivity contribution in [3.63, 3.8) is 0 Å². The van der Waals surface area contributed by atoms with Gasteiger partial charge in [-0.1, -0.05) is 18.2 Å². The van der Waals surface area contributed by atoms with E-state index in [0.717, 1.165) is 27.6 Å². The Bertz CT molecular complexity index is 1260. The van der Waals surface area contributed by atoms with Crippen molar-refractivity contribution in [1.29, 1.82) is 0 Å². The number of aromatic nitrogens is 1. The number of aromatic amines is 1. The van der Waals surface area contributed by atoms with E-state index in [-0.39, 0.29) is 18.0 Å². The second-order valence-electron chi connectivity index (χ2n) is 7.58. The highest BCUT2D eigenvalue weighted by Gasteiger charge is 2.31. The monoisotopic (exact) mass is 417 g/mol. The van der Waals surface area contributed by atoms with Crippen molar-refractivity contribution in [2.75, 3.05) is 10.4 Å². The number of carboxylic acids is 1. The predicted octanol–water partition coefficient (Wildman–Crippen LogP) is 3.99. The molecule has 31 heavy (non-hydrogen) atoms. The minimum atomic E-state index is -0.835. The minimum Gasteiger partial charge on any atom is -0.481 e. The molecule has 1 aliphatic rings. The lowest BCUT2D eigenvalue weighted by Gasteiger charge is -2.13. The number of amides is 1. The molecular weight excluding hydrogens is 394 g/mol. The highest BCUT2D eigenvalue weighted by Crippen LogP contribution is 2.27. The van der Waals surface area contributed by atoms with Crippen molar-refractivity contribution in [1.82, 2.24) is 4.98 Å². The Labute approximate surface area is 179 Å². The number of anilines is 2. The molecule has 0 radical (unpaired) electrons. The largest absolute Gasteiger partial charge is 0.481 e. The fourth-order valence-corrected chi connectivity index (χ4v) is 3.53. The molecule has 0 atom stereocenters. The van der Waals surface area contributed by atoms with Gasteiger partial charge in [-0.2, -0.15) is 15.2 Å². The molecule has 158 valence electrons. The van der Waals surface area contributed by atoms with E-state index >= 15 is 0 Å². The normalized spacial score (nSPS) is 15.1. The number of nitrogens with zero attached hydrogens (tertiary/aromatic N) is 3. The second-order valence-corrected chi connectivity index (χ2v) is 7.58. The molecule has 0 bridgehead atoms. The van der Waals surface area contributed by atoms with Crippen molar-refractivity contribution >= 4 is 45.6 Å². The van der Waals surface area contributed by atoms with Gasteiger partial charge in [0.1, 0.15) is 0 Å². The number of rotatable bonds is 6. The third kappa shape index (κ3) is 3.92. The van der Waals surface area contributed by atoms with E-state index in [1.54, 1.807) is 13.1 Å². The van der Waals surface area contributed by atoms with Gasteiger partial charge in [0.25, 0.3) is 0 Å². The molecule has 0 saturated carbocycles. The molecule has 0 saturated heterocycles. The van der Waals surface area contributed by atoms with Crippen molar-refractivity contribution in [3.05, 3.63) is 59.3 Å². The first-order valence-corrected chi connectivity index (χ1v) is 9.97. The molecule has 2 heterocycles. The van der Waals surface area contributed by atoms with Crippen LogP contribution in [0.3, 0.4) is 0 Å². The molecule has 1 aromatic heterocycles. The Morgan fingerprint density at radius 2 is 2.00 bits per heavy atom. The van der Waals surface area contributed by atoms with Crippen LogP contribution >= 0.6 is 0 Å². The number of carboxylic acid groups (broad SMARTS) is 1. The summed E-state index contributed by atoms with van der Waals surface area (Å²) in [6.07, 6.45) is 2.30. The number of carbonyl (C=O) groups excluding carboxylic acids is 1. The standard InChI is InChI=1S/C23H23N5O3/c1-13-7-9-17(11-14(13)2)28-23(31)21(15(3)27-28)26-25-19-6-4-5-18-16(8-10-20(29)30)12-24-22(18)19/h4-7,9,11-12,24-25H,8,10H2,1-3H3,(H,29,30)/b26-21-. The van der Waals surface area contributed by atoms with Crippen molar-refractivity contribution in [2.24, 2.45) is 10.2 Å². The van der Waals surface area contributed by atoms with Gasteiger partial charge in [0.15, 0.2) is 5.71 Å². The summed E-state index contributed by atoms with van der Waals surface area (Å²) in [5.41, 5.74) is 9.09. The number of aliphatic carboxylic acids is 1. The highest BCUT2D eigenvalue weighted by atomic mass is 16.4. The van der Waals surface area contributed by atoms with E-state index in [1.807, 2.05) is 50.2 Å². The maximum absolute atomic E-state index is 12.9. The molecule has 3 N–H and O–H groups in total. The second kappa shape index (κ2) is 8.06. The fourth-order valence-electron chi connectivity index (χ4n) is 3.53. The van der Waals surface area contributed by atoms with Crippen molar-refractivity contribution in [2.45, 2.75) is 33.6 Å². The average Bonchev–Trinajstić information content (AvgIpc) is 3.28. The molecule has 0 fully saturated rings. The van der Waals surface area contributed by atoms with Crippen LogP contribution in [0.5, 0.6) is 0 Å². The summed E-state index contributed by atoms with van der Waals surface area (Å²) < 4.78 is 0. The zero-order valence-corrected chi connectivity index (χ0v) is 17.6. The molecule has 1 amide bonds. The number of hydrazone groups is 2. The highest BCUT2D eigenvalue weighted by molar-refractivity contribution is 6.71. The van der Waals surface area contributed by atoms with Crippen LogP contribution in [0.15, 0.2) is 52.8 Å². The number of para-hydroxylation sites is 1. The molecule has 0 unspecified atom stereocenters. The van der Waals surface area contributed by atoms with Crippen LogP contribution < -0.4 is 10.4 Å². The van der Waals surface area contributed by atoms with Crippen LogP contribution in [0.25, 0.3) is 10.9 Å². The van der Waals surface area contributed by atoms with Gasteiger partial charge in [-0.3, -0.25) is 15.0 Å². The van der Waals surface area contributed by atoms with E-state index in [0.29, 0.717) is 23.5 Å². The summed E-state index contributed by atoms with van der Waals surface area (Å²) in [5.74, 6) is -1.13. The van der Waals surface area contributed by atoms with Crippen LogP contribution in [0.4, 0.5) is 11.4 Å². The lowest BCUT2D eigenvalue weighted by atomic mass is 10.1. The van der Waals surface area contributed by atoms with Gasteiger partial charge in [-0.25, -0.2) is 0 Å². The smallest absolute Gasteiger partial charge is 0.303 e. The lowest BCUT2D eigenvalue weighted by molar-refractivity contribution is -0.136. The number of carbonyl (C=O) groups is 2. The zero-order valence-electron chi connectivity index (χ0n) is 17.6. The molecule has 4 rings (SSSR count). The van der Waals surface area contributed by atoms with Gasteiger partial charge in [0.2, 0.25) is 0 Å². The van der Waals surface area contributed by atoms with E-state index in [1.165, 1.54) is 5.01 Å². The van der Waals surface area contributed by atoms with Gasteiger partial charge in [-0.05, 0) is 62.1 Å². The molecular formula is C23H23N5O3. The van der Waals surface area contributed by atoms with Gasteiger partial charge in [-0.15, -0.1) is 0 Å². The third-order valence-corrected chi connectivity index (χ3v) is 5.42. The van der Waals surface area contributed by atoms with Gasteiger partial charge < -0.3 is 10.1 Å². The molecule has 2 aromatic carbocycles. The number of hydrogen-bond acceptors (Lipinski definition) is 5. The summed E-state index contributed by atoms with van der Waals surface area (Å²) in [6, 6.07) is 11.4. The van der Waals surface area contributed by atoms with E-state index < -0.39 is 5.97 Å². The van der Waals surface area contributed by atoms with E-state index in [2.05, 4.69) is 20.6 Å². The third-order valence-electron chi connectivity index (χ3n) is 5.42. The van der Waals surface area contributed by atoms with Crippen LogP contribution in [-0.4, -0.2) is 33.4 Å². The fraction of sp³-hybridized carbons (Fsp3) is 0.217. The topological polar surface area (TPSA) is 110 Å². The van der Waals surface area contributed by atoms with Crippen molar-refractivity contribution in [3.8, 4) is 0 Å². The number of fused-ring (bicyclic) bond motifs is 1. The summed E-state index contributed by atoms with van der Waals surface area (Å²) in [6.45, 7) is 5.76. The Hall–Kier alpha value is -3.94. The minimum absolute atomic E-state index is 0.0609. The zero-order chi connectivity index (χ0) is 22.1. The summed E-state index contributed by atoms with van der Waals surface area (Å²) >= 11 is 0. The van der Waals surface area contributed by atoms with Crippen molar-refractivity contribution < 1.29 is 14.7 Å². The molecule has 8 nitrogen and oxygen atoms in total. The molecule has 0 spiro atoms. The number of H-pyrrole nitrogens is 1. The summed E-state index contributed by atoms with van der Waals surface area (Å²) in [4.78, 5) is 27.0. The Morgan fingerprint density at radius 1 is 1.19 bits per heavy atom. The van der Waals surface area contributed by atoms with E-state index in [9.17, 15) is 9.59 Å². The first-order valence-electron chi connectivity index (χ1n) is 9.97. The van der Waals surface area contributed by atoms with Crippen LogP contribution in [0.1, 0.15) is 30.0 Å².